The lowest BCUT2D eigenvalue weighted by atomic mass is 10.2. The summed E-state index contributed by atoms with van der Waals surface area (Å²) in [6, 6.07) is 24.3. The molecule has 0 aliphatic rings. The van der Waals surface area contributed by atoms with Gasteiger partial charge in [-0.25, -0.2) is 0 Å². The zero-order valence-electron chi connectivity index (χ0n) is 14.6. The van der Waals surface area contributed by atoms with E-state index >= 15 is 0 Å². The van der Waals surface area contributed by atoms with E-state index in [1.165, 1.54) is 0 Å². The second-order valence-electron chi connectivity index (χ2n) is 5.63. The molecular formula is C22H20N2O2. The summed E-state index contributed by atoms with van der Waals surface area (Å²) in [5, 5.41) is 2.87. The first kappa shape index (κ1) is 17.4. The molecule has 0 fully saturated rings. The van der Waals surface area contributed by atoms with Crippen molar-refractivity contribution in [2.24, 2.45) is 4.99 Å². The fraction of sp³-hybridized carbons (Fsp3) is 0.0909. The van der Waals surface area contributed by atoms with Gasteiger partial charge in [0, 0.05) is 17.5 Å². The van der Waals surface area contributed by atoms with Crippen molar-refractivity contribution < 1.29 is 9.53 Å². The normalized spacial score (nSPS) is 10.7. The number of aliphatic imine (C=N–C) groups is 1. The predicted octanol–water partition coefficient (Wildman–Crippen LogP) is 5.09. The van der Waals surface area contributed by atoms with Crippen molar-refractivity contribution in [3.63, 3.8) is 0 Å². The molecule has 4 nitrogen and oxygen atoms in total. The number of hydrogen-bond donors (Lipinski definition) is 1. The zero-order valence-corrected chi connectivity index (χ0v) is 14.6. The Labute approximate surface area is 153 Å². The second-order valence-corrected chi connectivity index (χ2v) is 5.63. The van der Waals surface area contributed by atoms with E-state index in [2.05, 4.69) is 10.3 Å². The average molecular weight is 344 g/mol. The van der Waals surface area contributed by atoms with Crippen molar-refractivity contribution in [2.45, 2.75) is 6.92 Å². The number of nitrogens with zero attached hydrogens (tertiary/aromatic N) is 1. The molecule has 0 unspecified atom stereocenters. The number of anilines is 1. The maximum Gasteiger partial charge on any atom is 0.255 e. The van der Waals surface area contributed by atoms with Crippen molar-refractivity contribution >= 4 is 23.5 Å². The van der Waals surface area contributed by atoms with Gasteiger partial charge in [-0.05, 0) is 73.2 Å². The Morgan fingerprint density at radius 3 is 2.31 bits per heavy atom. The summed E-state index contributed by atoms with van der Waals surface area (Å²) in [5.74, 6) is 0.722. The van der Waals surface area contributed by atoms with E-state index in [-0.39, 0.29) is 5.91 Å². The second kappa shape index (κ2) is 8.62. The molecule has 0 aromatic heterocycles. The Kier molecular flexibility index (Phi) is 5.78. The van der Waals surface area contributed by atoms with Gasteiger partial charge >= 0.3 is 0 Å². The molecule has 1 amide bonds. The quantitative estimate of drug-likeness (QED) is 0.633. The van der Waals surface area contributed by atoms with Gasteiger partial charge in [-0.1, -0.05) is 18.2 Å². The van der Waals surface area contributed by atoms with E-state index in [1.807, 2.05) is 73.7 Å². The number of carbonyl (C=O) groups is 1. The van der Waals surface area contributed by atoms with E-state index in [0.717, 1.165) is 22.7 Å². The molecule has 0 atom stereocenters. The van der Waals surface area contributed by atoms with Crippen LogP contribution in [0.25, 0.3) is 0 Å². The Bertz CT molecular complexity index is 870. The molecule has 0 bridgehead atoms. The molecule has 3 aromatic carbocycles. The number of amides is 1. The number of rotatable bonds is 6. The molecule has 0 spiro atoms. The molecular weight excluding hydrogens is 324 g/mol. The molecule has 4 heteroatoms. The summed E-state index contributed by atoms with van der Waals surface area (Å²) in [4.78, 5) is 16.6. The molecule has 0 aliphatic carbocycles. The third-order valence-corrected chi connectivity index (χ3v) is 3.71. The lowest BCUT2D eigenvalue weighted by Gasteiger charge is -2.05. The summed E-state index contributed by atoms with van der Waals surface area (Å²) in [7, 11) is 0. The smallest absolute Gasteiger partial charge is 0.255 e. The fourth-order valence-electron chi connectivity index (χ4n) is 2.39. The number of ether oxygens (including phenoxy) is 1. The van der Waals surface area contributed by atoms with Crippen LogP contribution >= 0.6 is 0 Å². The topological polar surface area (TPSA) is 50.7 Å². The van der Waals surface area contributed by atoms with Gasteiger partial charge in [-0.3, -0.25) is 9.79 Å². The number of carbonyl (C=O) groups excluding carboxylic acids is 1. The van der Waals surface area contributed by atoms with Crippen LogP contribution in [0.15, 0.2) is 83.9 Å². The van der Waals surface area contributed by atoms with Crippen molar-refractivity contribution in [3.05, 3.63) is 90.0 Å². The molecule has 0 heterocycles. The highest BCUT2D eigenvalue weighted by Crippen LogP contribution is 2.18. The summed E-state index contributed by atoms with van der Waals surface area (Å²) >= 11 is 0. The van der Waals surface area contributed by atoms with Gasteiger partial charge in [0.2, 0.25) is 0 Å². The first-order valence-corrected chi connectivity index (χ1v) is 8.48. The van der Waals surface area contributed by atoms with E-state index in [1.54, 1.807) is 18.3 Å². The molecule has 130 valence electrons. The molecule has 3 aromatic rings. The van der Waals surface area contributed by atoms with Crippen molar-refractivity contribution in [1.29, 1.82) is 0 Å². The van der Waals surface area contributed by atoms with E-state index < -0.39 is 0 Å². The van der Waals surface area contributed by atoms with Crippen LogP contribution in [0.3, 0.4) is 0 Å². The third-order valence-electron chi connectivity index (χ3n) is 3.71. The largest absolute Gasteiger partial charge is 0.494 e. The number of nitrogens with one attached hydrogen (secondary N) is 1. The number of benzene rings is 3. The number of hydrogen-bond acceptors (Lipinski definition) is 3. The van der Waals surface area contributed by atoms with Gasteiger partial charge < -0.3 is 10.1 Å². The molecule has 1 N–H and O–H groups in total. The standard InChI is InChI=1S/C22H20N2O2/c1-2-26-21-14-8-17(9-15-21)16-23-19-10-12-20(13-11-19)24-22(25)18-6-4-3-5-7-18/h3-16H,2H2,1H3,(H,24,25). The summed E-state index contributed by atoms with van der Waals surface area (Å²) in [5.41, 5.74) is 3.18. The third kappa shape index (κ3) is 4.80. The van der Waals surface area contributed by atoms with Gasteiger partial charge in [0.05, 0.1) is 12.3 Å². The maximum atomic E-state index is 12.1. The van der Waals surface area contributed by atoms with Crippen molar-refractivity contribution in [2.75, 3.05) is 11.9 Å². The molecule has 0 aliphatic heterocycles. The van der Waals surface area contributed by atoms with Crippen LogP contribution in [0.1, 0.15) is 22.8 Å². The maximum absolute atomic E-state index is 12.1. The Morgan fingerprint density at radius 1 is 0.962 bits per heavy atom. The molecule has 0 saturated heterocycles. The SMILES string of the molecule is CCOc1ccc(C=Nc2ccc(NC(=O)c3ccccc3)cc2)cc1. The molecule has 0 radical (unpaired) electrons. The van der Waals surface area contributed by atoms with E-state index in [4.69, 9.17) is 4.74 Å². The van der Waals surface area contributed by atoms with Crippen LogP contribution in [0.5, 0.6) is 5.75 Å². The lowest BCUT2D eigenvalue weighted by molar-refractivity contribution is 0.102. The highest BCUT2D eigenvalue weighted by Gasteiger charge is 2.04. The van der Waals surface area contributed by atoms with Gasteiger partial charge in [0.15, 0.2) is 0 Å². The minimum Gasteiger partial charge on any atom is -0.494 e. The Morgan fingerprint density at radius 2 is 1.65 bits per heavy atom. The minimum atomic E-state index is -0.128. The van der Waals surface area contributed by atoms with Gasteiger partial charge in [0.1, 0.15) is 5.75 Å². The van der Waals surface area contributed by atoms with Crippen LogP contribution < -0.4 is 10.1 Å². The van der Waals surface area contributed by atoms with Gasteiger partial charge in [-0.15, -0.1) is 0 Å². The first-order valence-electron chi connectivity index (χ1n) is 8.48. The van der Waals surface area contributed by atoms with E-state index in [0.29, 0.717) is 12.2 Å². The lowest BCUT2D eigenvalue weighted by Crippen LogP contribution is -2.11. The van der Waals surface area contributed by atoms with Crippen LogP contribution in [0.4, 0.5) is 11.4 Å². The first-order chi connectivity index (χ1) is 12.7. The van der Waals surface area contributed by atoms with Crippen LogP contribution in [0, 0.1) is 0 Å². The highest BCUT2D eigenvalue weighted by molar-refractivity contribution is 6.04. The van der Waals surface area contributed by atoms with Crippen LogP contribution in [-0.2, 0) is 0 Å². The van der Waals surface area contributed by atoms with Gasteiger partial charge in [-0.2, -0.15) is 0 Å². The average Bonchev–Trinajstić information content (AvgIpc) is 2.69. The highest BCUT2D eigenvalue weighted by atomic mass is 16.5. The summed E-state index contributed by atoms with van der Waals surface area (Å²) in [6.45, 7) is 2.61. The summed E-state index contributed by atoms with van der Waals surface area (Å²) in [6.07, 6.45) is 1.80. The Hall–Kier alpha value is -3.40. The molecule has 26 heavy (non-hydrogen) atoms. The van der Waals surface area contributed by atoms with Crippen molar-refractivity contribution in [3.8, 4) is 5.75 Å². The zero-order chi connectivity index (χ0) is 18.2. The predicted molar refractivity (Wildman–Crippen MR) is 106 cm³/mol. The molecule has 3 rings (SSSR count). The molecule has 0 saturated carbocycles. The van der Waals surface area contributed by atoms with Gasteiger partial charge in [0.25, 0.3) is 5.91 Å². The van der Waals surface area contributed by atoms with Crippen LogP contribution in [-0.4, -0.2) is 18.7 Å². The fourth-order valence-corrected chi connectivity index (χ4v) is 2.39. The Balaban J connectivity index is 1.61. The van der Waals surface area contributed by atoms with Crippen LogP contribution in [0.2, 0.25) is 0 Å². The monoisotopic (exact) mass is 344 g/mol. The van der Waals surface area contributed by atoms with E-state index in [9.17, 15) is 4.79 Å². The minimum absolute atomic E-state index is 0.128. The van der Waals surface area contributed by atoms with Crippen molar-refractivity contribution in [1.82, 2.24) is 0 Å². The summed E-state index contributed by atoms with van der Waals surface area (Å²) < 4.78 is 5.42.